The van der Waals surface area contributed by atoms with Gasteiger partial charge < -0.3 is 9.88 Å². The predicted octanol–water partition coefficient (Wildman–Crippen LogP) is 4.34. The molecule has 0 atom stereocenters. The lowest BCUT2D eigenvalue weighted by Crippen LogP contribution is -2.28. The van der Waals surface area contributed by atoms with Crippen molar-refractivity contribution in [1.29, 1.82) is 0 Å². The Bertz CT molecular complexity index is 1300. The van der Waals surface area contributed by atoms with E-state index in [2.05, 4.69) is 37.9 Å². The fourth-order valence-corrected chi connectivity index (χ4v) is 4.66. The molecule has 2 N–H and O–H groups in total. The lowest BCUT2D eigenvalue weighted by molar-refractivity contribution is -0.117. The quantitative estimate of drug-likeness (QED) is 0.520. The number of nitrogens with zero attached hydrogens (tertiary/aromatic N) is 1. The van der Waals surface area contributed by atoms with E-state index in [0.717, 1.165) is 23.4 Å². The van der Waals surface area contributed by atoms with Crippen molar-refractivity contribution < 1.29 is 18.0 Å². The van der Waals surface area contributed by atoms with Gasteiger partial charge in [0, 0.05) is 30.1 Å². The number of rotatable bonds is 7. The standard InChI is InChI=1S/C24H27N3O4S/c1-6-13-27-22-12-7-18(15(2)3)14-21(22)16(4)23(27)24(29)25-19-8-10-20(11-9-19)32(30,31)26-17(5)28/h6-12,14-15H,1,13H2,2-5H3,(H,25,29)(H,26,28). The number of aromatic nitrogens is 1. The number of allylic oxidation sites excluding steroid dienone is 1. The molecule has 7 nitrogen and oxygen atoms in total. The molecule has 3 aromatic rings. The van der Waals surface area contributed by atoms with E-state index in [-0.39, 0.29) is 10.8 Å². The molecule has 8 heteroatoms. The van der Waals surface area contributed by atoms with Crippen LogP contribution in [0.1, 0.15) is 48.3 Å². The molecule has 0 bridgehead atoms. The molecule has 0 fully saturated rings. The second-order valence-corrected chi connectivity index (χ2v) is 9.63. The van der Waals surface area contributed by atoms with Crippen LogP contribution in [0, 0.1) is 6.92 Å². The molecule has 1 aromatic heterocycles. The van der Waals surface area contributed by atoms with E-state index in [1.807, 2.05) is 22.3 Å². The van der Waals surface area contributed by atoms with Crippen LogP contribution >= 0.6 is 0 Å². The number of carbonyl (C=O) groups is 2. The summed E-state index contributed by atoms with van der Waals surface area (Å²) in [5.41, 5.74) is 3.98. The van der Waals surface area contributed by atoms with Crippen molar-refractivity contribution >= 4 is 38.4 Å². The van der Waals surface area contributed by atoms with Crippen molar-refractivity contribution in [2.45, 2.75) is 45.1 Å². The van der Waals surface area contributed by atoms with Crippen LogP contribution in [0.25, 0.3) is 10.9 Å². The van der Waals surface area contributed by atoms with Crippen LogP contribution in [0.5, 0.6) is 0 Å². The Labute approximate surface area is 188 Å². The molecule has 0 unspecified atom stereocenters. The van der Waals surface area contributed by atoms with Gasteiger partial charge in [0.15, 0.2) is 0 Å². The Morgan fingerprint density at radius 3 is 2.34 bits per heavy atom. The average Bonchev–Trinajstić information content (AvgIpc) is 2.99. The number of nitrogens with one attached hydrogen (secondary N) is 2. The summed E-state index contributed by atoms with van der Waals surface area (Å²) < 4.78 is 28.0. The van der Waals surface area contributed by atoms with E-state index in [1.165, 1.54) is 29.8 Å². The van der Waals surface area contributed by atoms with Gasteiger partial charge in [-0.2, -0.15) is 0 Å². The molecule has 0 saturated carbocycles. The number of sulfonamides is 1. The fraction of sp³-hybridized carbons (Fsp3) is 0.250. The van der Waals surface area contributed by atoms with Gasteiger partial charge in [-0.3, -0.25) is 9.59 Å². The number of hydrogen-bond acceptors (Lipinski definition) is 4. The second kappa shape index (κ2) is 9.00. The fourth-order valence-electron chi connectivity index (χ4n) is 3.67. The van der Waals surface area contributed by atoms with Crippen LogP contribution in [0.2, 0.25) is 0 Å². The molecular formula is C24H27N3O4S. The van der Waals surface area contributed by atoms with E-state index in [9.17, 15) is 18.0 Å². The van der Waals surface area contributed by atoms with Gasteiger partial charge in [0.25, 0.3) is 15.9 Å². The van der Waals surface area contributed by atoms with Gasteiger partial charge in [-0.1, -0.05) is 26.0 Å². The van der Waals surface area contributed by atoms with Gasteiger partial charge in [-0.05, 0) is 60.4 Å². The maximum atomic E-state index is 13.2. The van der Waals surface area contributed by atoms with Gasteiger partial charge >= 0.3 is 0 Å². The van der Waals surface area contributed by atoms with Crippen molar-refractivity contribution in [2.75, 3.05) is 5.32 Å². The molecule has 0 spiro atoms. The minimum Gasteiger partial charge on any atom is -0.332 e. The molecule has 0 aliphatic carbocycles. The molecule has 1 heterocycles. The van der Waals surface area contributed by atoms with Crippen LogP contribution in [-0.2, 0) is 21.4 Å². The SMILES string of the molecule is C=CCn1c(C(=O)Nc2ccc(S(=O)(=O)NC(C)=O)cc2)c(C)c2cc(C(C)C)ccc21. The van der Waals surface area contributed by atoms with Crippen molar-refractivity contribution in [3.63, 3.8) is 0 Å². The minimum absolute atomic E-state index is 0.0659. The Kier molecular flexibility index (Phi) is 6.55. The first-order chi connectivity index (χ1) is 15.0. The Hall–Kier alpha value is -3.39. The third-order valence-corrected chi connectivity index (χ3v) is 6.68. The molecule has 0 saturated heterocycles. The van der Waals surface area contributed by atoms with Crippen LogP contribution in [-0.4, -0.2) is 24.8 Å². The highest BCUT2D eigenvalue weighted by molar-refractivity contribution is 7.90. The van der Waals surface area contributed by atoms with Crippen LogP contribution in [0.4, 0.5) is 5.69 Å². The molecule has 2 aromatic carbocycles. The Morgan fingerprint density at radius 1 is 1.12 bits per heavy atom. The number of benzene rings is 2. The first kappa shape index (κ1) is 23.3. The summed E-state index contributed by atoms with van der Waals surface area (Å²) in [7, 11) is -3.93. The third-order valence-electron chi connectivity index (χ3n) is 5.23. The summed E-state index contributed by atoms with van der Waals surface area (Å²) in [5, 5.41) is 3.85. The number of hydrogen-bond donors (Lipinski definition) is 2. The third kappa shape index (κ3) is 4.60. The smallest absolute Gasteiger partial charge is 0.272 e. The zero-order valence-electron chi connectivity index (χ0n) is 18.6. The summed E-state index contributed by atoms with van der Waals surface area (Å²) in [4.78, 5) is 24.2. The number of carbonyl (C=O) groups excluding carboxylic acids is 2. The minimum atomic E-state index is -3.93. The van der Waals surface area contributed by atoms with E-state index in [4.69, 9.17) is 0 Å². The van der Waals surface area contributed by atoms with Crippen LogP contribution in [0.15, 0.2) is 60.0 Å². The van der Waals surface area contributed by atoms with Crippen molar-refractivity contribution in [3.8, 4) is 0 Å². The van der Waals surface area contributed by atoms with Crippen LogP contribution in [0.3, 0.4) is 0 Å². The topological polar surface area (TPSA) is 97.3 Å². The molecule has 168 valence electrons. The zero-order chi connectivity index (χ0) is 23.6. The highest BCUT2D eigenvalue weighted by Crippen LogP contribution is 2.30. The maximum Gasteiger partial charge on any atom is 0.272 e. The number of anilines is 1. The second-order valence-electron chi connectivity index (χ2n) is 7.94. The number of aryl methyl sites for hydroxylation is 1. The van der Waals surface area contributed by atoms with Gasteiger partial charge in [0.1, 0.15) is 5.69 Å². The molecular weight excluding hydrogens is 426 g/mol. The molecule has 0 aliphatic heterocycles. The van der Waals surface area contributed by atoms with E-state index < -0.39 is 15.9 Å². The van der Waals surface area contributed by atoms with Crippen molar-refractivity contribution in [2.24, 2.45) is 0 Å². The summed E-state index contributed by atoms with van der Waals surface area (Å²) in [5.74, 6) is -0.608. The highest BCUT2D eigenvalue weighted by Gasteiger charge is 2.21. The molecule has 2 amide bonds. The molecule has 0 radical (unpaired) electrons. The summed E-state index contributed by atoms with van der Waals surface area (Å²) in [6.45, 7) is 11.6. The van der Waals surface area contributed by atoms with Gasteiger partial charge in [0.05, 0.1) is 4.90 Å². The van der Waals surface area contributed by atoms with Gasteiger partial charge in [-0.15, -0.1) is 6.58 Å². The molecule has 3 rings (SSSR count). The Balaban J connectivity index is 1.96. The monoisotopic (exact) mass is 453 g/mol. The number of fused-ring (bicyclic) bond motifs is 1. The summed E-state index contributed by atoms with van der Waals surface area (Å²) in [6.07, 6.45) is 1.74. The van der Waals surface area contributed by atoms with Gasteiger partial charge in [-0.25, -0.2) is 13.1 Å². The summed E-state index contributed by atoms with van der Waals surface area (Å²) in [6, 6.07) is 11.9. The predicted molar refractivity (Wildman–Crippen MR) is 126 cm³/mol. The first-order valence-corrected chi connectivity index (χ1v) is 11.7. The van der Waals surface area contributed by atoms with Crippen LogP contribution < -0.4 is 10.0 Å². The van der Waals surface area contributed by atoms with E-state index in [1.54, 1.807) is 6.08 Å². The Morgan fingerprint density at radius 2 is 1.78 bits per heavy atom. The maximum absolute atomic E-state index is 13.2. The molecule has 0 aliphatic rings. The van der Waals surface area contributed by atoms with E-state index in [0.29, 0.717) is 23.8 Å². The lowest BCUT2D eigenvalue weighted by Gasteiger charge is -2.11. The van der Waals surface area contributed by atoms with E-state index >= 15 is 0 Å². The molecule has 32 heavy (non-hydrogen) atoms. The van der Waals surface area contributed by atoms with Crippen molar-refractivity contribution in [3.05, 3.63) is 71.9 Å². The normalized spacial score (nSPS) is 11.5. The van der Waals surface area contributed by atoms with Gasteiger partial charge in [0.2, 0.25) is 5.91 Å². The van der Waals surface area contributed by atoms with Crippen molar-refractivity contribution in [1.82, 2.24) is 9.29 Å². The zero-order valence-corrected chi connectivity index (χ0v) is 19.4. The lowest BCUT2D eigenvalue weighted by atomic mass is 10.0. The number of amides is 2. The average molecular weight is 454 g/mol. The largest absolute Gasteiger partial charge is 0.332 e. The first-order valence-electron chi connectivity index (χ1n) is 10.2. The summed E-state index contributed by atoms with van der Waals surface area (Å²) >= 11 is 0. The highest BCUT2D eigenvalue weighted by atomic mass is 32.2.